The summed E-state index contributed by atoms with van der Waals surface area (Å²) in [5.41, 5.74) is 6.02. The average Bonchev–Trinajstić information content (AvgIpc) is 2.51. The van der Waals surface area contributed by atoms with Crippen LogP contribution < -0.4 is 19.9 Å². The van der Waals surface area contributed by atoms with Crippen molar-refractivity contribution in [3.63, 3.8) is 0 Å². The van der Waals surface area contributed by atoms with Gasteiger partial charge in [-0.05, 0) is 32.0 Å². The fraction of sp³-hybridized carbons (Fsp3) is 0.533. The lowest BCUT2D eigenvalue weighted by molar-refractivity contribution is 0.0738. The standard InChI is InChI=1S/C15H24N2O4/c1-10(6-7-16)17(2)15(18)11-8-12(19-3)14(21-5)13(9-11)20-4/h8-10H,6-7,16H2,1-5H3. The Kier molecular flexibility index (Phi) is 6.30. The lowest BCUT2D eigenvalue weighted by atomic mass is 10.1. The molecule has 1 atom stereocenters. The molecule has 118 valence electrons. The minimum atomic E-state index is -0.116. The van der Waals surface area contributed by atoms with Crippen LogP contribution in [-0.2, 0) is 0 Å². The van der Waals surface area contributed by atoms with Crippen LogP contribution in [0.4, 0.5) is 0 Å². The van der Waals surface area contributed by atoms with Gasteiger partial charge < -0.3 is 24.8 Å². The molecule has 1 amide bonds. The van der Waals surface area contributed by atoms with Gasteiger partial charge in [0.25, 0.3) is 5.91 Å². The van der Waals surface area contributed by atoms with Gasteiger partial charge in [0.05, 0.1) is 21.3 Å². The van der Waals surface area contributed by atoms with Gasteiger partial charge in [0.15, 0.2) is 11.5 Å². The molecule has 6 heteroatoms. The lowest BCUT2D eigenvalue weighted by Crippen LogP contribution is -2.36. The molecule has 2 N–H and O–H groups in total. The Morgan fingerprint density at radius 2 is 1.71 bits per heavy atom. The van der Waals surface area contributed by atoms with Crippen LogP contribution in [0.25, 0.3) is 0 Å². The van der Waals surface area contributed by atoms with Gasteiger partial charge >= 0.3 is 0 Å². The summed E-state index contributed by atoms with van der Waals surface area (Å²) in [5.74, 6) is 1.27. The lowest BCUT2D eigenvalue weighted by Gasteiger charge is -2.25. The molecule has 0 aliphatic heterocycles. The van der Waals surface area contributed by atoms with Crippen LogP contribution in [0.1, 0.15) is 23.7 Å². The molecule has 0 saturated carbocycles. The SMILES string of the molecule is COc1cc(C(=O)N(C)C(C)CCN)cc(OC)c1OC. The number of hydrogen-bond acceptors (Lipinski definition) is 5. The van der Waals surface area contributed by atoms with E-state index in [0.717, 1.165) is 6.42 Å². The number of amides is 1. The number of nitrogens with zero attached hydrogens (tertiary/aromatic N) is 1. The first-order valence-electron chi connectivity index (χ1n) is 6.77. The van der Waals surface area contributed by atoms with E-state index >= 15 is 0 Å². The van der Waals surface area contributed by atoms with Crippen molar-refractivity contribution in [1.82, 2.24) is 4.90 Å². The van der Waals surface area contributed by atoms with Gasteiger partial charge in [0.2, 0.25) is 5.75 Å². The van der Waals surface area contributed by atoms with Crippen molar-refractivity contribution in [3.8, 4) is 17.2 Å². The van der Waals surface area contributed by atoms with Gasteiger partial charge in [-0.25, -0.2) is 0 Å². The Morgan fingerprint density at radius 1 is 1.19 bits per heavy atom. The largest absolute Gasteiger partial charge is 0.493 e. The maximum atomic E-state index is 12.5. The van der Waals surface area contributed by atoms with Gasteiger partial charge in [-0.15, -0.1) is 0 Å². The van der Waals surface area contributed by atoms with Gasteiger partial charge in [-0.2, -0.15) is 0 Å². The third-order valence-corrected chi connectivity index (χ3v) is 3.48. The summed E-state index contributed by atoms with van der Waals surface area (Å²) >= 11 is 0. The molecule has 0 saturated heterocycles. The van der Waals surface area contributed by atoms with Crippen molar-refractivity contribution in [2.24, 2.45) is 5.73 Å². The molecule has 0 radical (unpaired) electrons. The van der Waals surface area contributed by atoms with E-state index in [9.17, 15) is 4.79 Å². The molecule has 0 aliphatic carbocycles. The van der Waals surface area contributed by atoms with Crippen molar-refractivity contribution in [3.05, 3.63) is 17.7 Å². The Balaban J connectivity index is 3.15. The molecule has 0 bridgehead atoms. The molecule has 1 unspecified atom stereocenters. The van der Waals surface area contributed by atoms with Crippen molar-refractivity contribution in [1.29, 1.82) is 0 Å². The van der Waals surface area contributed by atoms with E-state index in [1.54, 1.807) is 24.1 Å². The van der Waals surface area contributed by atoms with E-state index in [4.69, 9.17) is 19.9 Å². The molecule has 0 aliphatic rings. The smallest absolute Gasteiger partial charge is 0.254 e. The highest BCUT2D eigenvalue weighted by atomic mass is 16.5. The Morgan fingerprint density at radius 3 is 2.10 bits per heavy atom. The summed E-state index contributed by atoms with van der Waals surface area (Å²) in [6.45, 7) is 2.50. The van der Waals surface area contributed by atoms with E-state index in [-0.39, 0.29) is 11.9 Å². The third kappa shape index (κ3) is 3.78. The van der Waals surface area contributed by atoms with Crippen molar-refractivity contribution in [2.45, 2.75) is 19.4 Å². The number of methoxy groups -OCH3 is 3. The normalized spacial score (nSPS) is 11.7. The molecule has 1 rings (SSSR count). The number of carbonyl (C=O) groups is 1. The predicted octanol–water partition coefficient (Wildman–Crippen LogP) is 1.52. The summed E-state index contributed by atoms with van der Waals surface area (Å²) < 4.78 is 15.8. The first-order valence-corrected chi connectivity index (χ1v) is 6.77. The number of ether oxygens (including phenoxy) is 3. The average molecular weight is 296 g/mol. The van der Waals surface area contributed by atoms with E-state index in [0.29, 0.717) is 29.4 Å². The highest BCUT2D eigenvalue weighted by Gasteiger charge is 2.21. The molecule has 1 aromatic rings. The summed E-state index contributed by atoms with van der Waals surface area (Å²) in [4.78, 5) is 14.2. The number of nitrogens with two attached hydrogens (primary N) is 1. The molecule has 0 heterocycles. The van der Waals surface area contributed by atoms with Crippen molar-refractivity contribution >= 4 is 5.91 Å². The zero-order valence-corrected chi connectivity index (χ0v) is 13.3. The number of carbonyl (C=O) groups excluding carboxylic acids is 1. The van der Waals surface area contributed by atoms with E-state index < -0.39 is 0 Å². The third-order valence-electron chi connectivity index (χ3n) is 3.48. The van der Waals surface area contributed by atoms with E-state index in [2.05, 4.69) is 0 Å². The van der Waals surface area contributed by atoms with E-state index in [1.807, 2.05) is 6.92 Å². The van der Waals surface area contributed by atoms with Gasteiger partial charge in [0.1, 0.15) is 0 Å². The topological polar surface area (TPSA) is 74.0 Å². The summed E-state index contributed by atoms with van der Waals surface area (Å²) in [5, 5.41) is 0. The second kappa shape index (κ2) is 7.73. The van der Waals surface area contributed by atoms with Crippen LogP contribution in [0.3, 0.4) is 0 Å². The predicted molar refractivity (Wildman–Crippen MR) is 81.3 cm³/mol. The van der Waals surface area contributed by atoms with Crippen molar-refractivity contribution < 1.29 is 19.0 Å². The van der Waals surface area contributed by atoms with Crippen LogP contribution in [0.5, 0.6) is 17.2 Å². The molecule has 6 nitrogen and oxygen atoms in total. The molecule has 1 aromatic carbocycles. The molecular formula is C15H24N2O4. The Hall–Kier alpha value is -1.95. The molecular weight excluding hydrogens is 272 g/mol. The maximum Gasteiger partial charge on any atom is 0.254 e. The second-order valence-electron chi connectivity index (χ2n) is 4.76. The highest BCUT2D eigenvalue weighted by molar-refractivity contribution is 5.95. The molecule has 0 aromatic heterocycles. The first-order chi connectivity index (χ1) is 9.99. The summed E-state index contributed by atoms with van der Waals surface area (Å²) in [6, 6.07) is 3.35. The van der Waals surface area contributed by atoms with Crippen molar-refractivity contribution in [2.75, 3.05) is 34.9 Å². The zero-order chi connectivity index (χ0) is 16.0. The van der Waals surface area contributed by atoms with Crippen LogP contribution in [0.15, 0.2) is 12.1 Å². The zero-order valence-electron chi connectivity index (χ0n) is 13.3. The van der Waals surface area contributed by atoms with Gasteiger partial charge in [0, 0.05) is 18.7 Å². The van der Waals surface area contributed by atoms with E-state index in [1.165, 1.54) is 21.3 Å². The minimum absolute atomic E-state index is 0.0570. The van der Waals surface area contributed by atoms with Crippen LogP contribution in [0.2, 0.25) is 0 Å². The molecule has 21 heavy (non-hydrogen) atoms. The monoisotopic (exact) mass is 296 g/mol. The molecule has 0 fully saturated rings. The summed E-state index contributed by atoms with van der Waals surface area (Å²) in [7, 11) is 6.32. The fourth-order valence-electron chi connectivity index (χ4n) is 2.04. The number of rotatable bonds is 7. The number of hydrogen-bond donors (Lipinski definition) is 1. The summed E-state index contributed by atoms with van der Waals surface area (Å²) in [6.07, 6.45) is 0.743. The Bertz CT molecular complexity index is 466. The quantitative estimate of drug-likeness (QED) is 0.826. The maximum absolute atomic E-state index is 12.5. The van der Waals surface area contributed by atoms with Gasteiger partial charge in [-0.3, -0.25) is 4.79 Å². The first kappa shape index (κ1) is 17.1. The molecule has 0 spiro atoms. The minimum Gasteiger partial charge on any atom is -0.493 e. The number of benzene rings is 1. The fourth-order valence-corrected chi connectivity index (χ4v) is 2.04. The Labute approximate surface area is 125 Å². The highest BCUT2D eigenvalue weighted by Crippen LogP contribution is 2.38. The van der Waals surface area contributed by atoms with Crippen LogP contribution in [-0.4, -0.2) is 51.8 Å². The second-order valence-corrected chi connectivity index (χ2v) is 4.76. The van der Waals surface area contributed by atoms with Crippen LogP contribution in [0, 0.1) is 0 Å². The van der Waals surface area contributed by atoms with Crippen LogP contribution >= 0.6 is 0 Å². The van der Waals surface area contributed by atoms with Gasteiger partial charge in [-0.1, -0.05) is 0 Å².